The molecule has 138 valence electrons. The summed E-state index contributed by atoms with van der Waals surface area (Å²) in [5, 5.41) is 3.30. The molecule has 0 fully saturated rings. The van der Waals surface area contributed by atoms with Crippen LogP contribution in [0, 0.1) is 6.92 Å². The average molecular weight is 435 g/mol. The van der Waals surface area contributed by atoms with Gasteiger partial charge in [-0.1, -0.05) is 22.0 Å². The lowest BCUT2D eigenvalue weighted by molar-refractivity contribution is 0.102. The minimum atomic E-state index is -0.227. The van der Waals surface area contributed by atoms with Gasteiger partial charge in [-0.2, -0.15) is 0 Å². The Kier molecular flexibility index (Phi) is 4.75. The summed E-state index contributed by atoms with van der Waals surface area (Å²) in [6.07, 6.45) is 1.61. The topological polar surface area (TPSA) is 76.9 Å². The predicted octanol–water partition coefficient (Wildman–Crippen LogP) is 4.10. The summed E-state index contributed by atoms with van der Waals surface area (Å²) >= 11 is 3.35. The van der Waals surface area contributed by atoms with Crippen LogP contribution in [0.2, 0.25) is 0 Å². The van der Waals surface area contributed by atoms with Crippen LogP contribution in [0.25, 0.3) is 16.7 Å². The number of fused-ring (bicyclic) bond motifs is 1. The van der Waals surface area contributed by atoms with E-state index in [4.69, 9.17) is 0 Å². The maximum Gasteiger partial charge on any atom is 0.267 e. The van der Waals surface area contributed by atoms with Crippen LogP contribution in [-0.4, -0.2) is 20.4 Å². The Hall–Kier alpha value is -3.32. The normalized spacial score (nSPS) is 10.8. The monoisotopic (exact) mass is 434 g/mol. The molecule has 0 atom stereocenters. The van der Waals surface area contributed by atoms with Gasteiger partial charge in [-0.05, 0) is 61.5 Å². The number of pyridine rings is 1. The van der Waals surface area contributed by atoms with E-state index >= 15 is 0 Å². The van der Waals surface area contributed by atoms with E-state index in [0.29, 0.717) is 33.8 Å². The number of nitrogens with zero attached hydrogens (tertiary/aromatic N) is 3. The summed E-state index contributed by atoms with van der Waals surface area (Å²) < 4.78 is 2.42. The summed E-state index contributed by atoms with van der Waals surface area (Å²) in [6.45, 7) is 1.75. The number of carbonyl (C=O) groups excluding carboxylic acids is 1. The molecule has 6 nitrogen and oxygen atoms in total. The lowest BCUT2D eigenvalue weighted by Gasteiger charge is -2.12. The lowest BCUT2D eigenvalue weighted by Crippen LogP contribution is -2.22. The summed E-state index contributed by atoms with van der Waals surface area (Å²) in [7, 11) is 0. The van der Waals surface area contributed by atoms with E-state index in [2.05, 4.69) is 31.2 Å². The molecule has 4 aromatic rings. The molecular weight excluding hydrogens is 420 g/mol. The van der Waals surface area contributed by atoms with Crippen molar-refractivity contribution in [3.8, 4) is 5.69 Å². The van der Waals surface area contributed by atoms with Crippen molar-refractivity contribution in [1.82, 2.24) is 14.5 Å². The highest BCUT2D eigenvalue weighted by molar-refractivity contribution is 9.10. The highest BCUT2D eigenvalue weighted by Gasteiger charge is 2.12. The second-order valence-electron chi connectivity index (χ2n) is 6.19. The van der Waals surface area contributed by atoms with Gasteiger partial charge in [-0.15, -0.1) is 0 Å². The molecule has 0 spiro atoms. The third-order valence-electron chi connectivity index (χ3n) is 4.28. The van der Waals surface area contributed by atoms with Gasteiger partial charge in [-0.25, -0.2) is 9.97 Å². The van der Waals surface area contributed by atoms with Crippen LogP contribution >= 0.6 is 15.9 Å². The molecule has 0 radical (unpaired) electrons. The average Bonchev–Trinajstić information content (AvgIpc) is 2.69. The second-order valence-corrected chi connectivity index (χ2v) is 7.10. The van der Waals surface area contributed by atoms with Gasteiger partial charge in [0.2, 0.25) is 0 Å². The minimum absolute atomic E-state index is 0.202. The molecule has 2 aromatic carbocycles. The van der Waals surface area contributed by atoms with Gasteiger partial charge in [0, 0.05) is 21.9 Å². The number of halogens is 1. The first-order valence-electron chi connectivity index (χ1n) is 8.55. The Morgan fingerprint density at radius 2 is 1.86 bits per heavy atom. The number of hydrogen-bond donors (Lipinski definition) is 1. The molecular formula is C21H15BrN4O2. The van der Waals surface area contributed by atoms with Crippen LogP contribution < -0.4 is 10.9 Å². The number of aryl methyl sites for hydroxylation is 1. The summed E-state index contributed by atoms with van der Waals surface area (Å²) in [5.74, 6) is 0.294. The minimum Gasteiger partial charge on any atom is -0.322 e. The van der Waals surface area contributed by atoms with Crippen molar-refractivity contribution < 1.29 is 4.79 Å². The maximum absolute atomic E-state index is 12.9. The fourth-order valence-corrected chi connectivity index (χ4v) is 3.22. The highest BCUT2D eigenvalue weighted by atomic mass is 79.9. The van der Waals surface area contributed by atoms with E-state index in [9.17, 15) is 9.59 Å². The molecule has 28 heavy (non-hydrogen) atoms. The van der Waals surface area contributed by atoms with Crippen molar-refractivity contribution in [3.05, 3.63) is 93.1 Å². The molecule has 2 heterocycles. The van der Waals surface area contributed by atoms with E-state index in [1.807, 2.05) is 12.1 Å². The zero-order chi connectivity index (χ0) is 19.7. The zero-order valence-corrected chi connectivity index (χ0v) is 16.5. The number of rotatable bonds is 3. The van der Waals surface area contributed by atoms with Gasteiger partial charge < -0.3 is 5.32 Å². The number of hydrogen-bond acceptors (Lipinski definition) is 4. The number of amides is 1. The largest absolute Gasteiger partial charge is 0.322 e. The van der Waals surface area contributed by atoms with Gasteiger partial charge >= 0.3 is 0 Å². The lowest BCUT2D eigenvalue weighted by atomic mass is 10.2. The van der Waals surface area contributed by atoms with Gasteiger partial charge in [-0.3, -0.25) is 14.2 Å². The SMILES string of the molecule is Cc1nc2ncccc2c(=O)n1-c1cccc(NC(=O)c2ccc(Br)cc2)c1. The van der Waals surface area contributed by atoms with Crippen LogP contribution in [0.5, 0.6) is 0 Å². The number of aromatic nitrogens is 3. The number of nitrogens with one attached hydrogen (secondary N) is 1. The van der Waals surface area contributed by atoms with Crippen molar-refractivity contribution in [2.24, 2.45) is 0 Å². The molecule has 4 rings (SSSR count). The Labute approximate surface area is 169 Å². The molecule has 0 saturated heterocycles. The van der Waals surface area contributed by atoms with E-state index in [0.717, 1.165) is 4.47 Å². The molecule has 0 aliphatic carbocycles. The second kappa shape index (κ2) is 7.36. The standard InChI is InChI=1S/C21H15BrN4O2/c1-13-24-19-18(6-3-11-23-19)21(28)26(13)17-5-2-4-16(12-17)25-20(27)14-7-9-15(22)10-8-14/h2-12H,1H3,(H,25,27). The first-order valence-corrected chi connectivity index (χ1v) is 9.34. The van der Waals surface area contributed by atoms with E-state index < -0.39 is 0 Å². The van der Waals surface area contributed by atoms with Crippen molar-refractivity contribution >= 4 is 38.6 Å². The van der Waals surface area contributed by atoms with Gasteiger partial charge in [0.15, 0.2) is 5.65 Å². The quantitative estimate of drug-likeness (QED) is 0.526. The van der Waals surface area contributed by atoms with Crippen LogP contribution in [0.15, 0.2) is 76.1 Å². The van der Waals surface area contributed by atoms with Crippen molar-refractivity contribution in [3.63, 3.8) is 0 Å². The highest BCUT2D eigenvalue weighted by Crippen LogP contribution is 2.18. The molecule has 1 amide bonds. The molecule has 7 heteroatoms. The molecule has 0 unspecified atom stereocenters. The molecule has 0 aliphatic rings. The van der Waals surface area contributed by atoms with Gasteiger partial charge in [0.25, 0.3) is 11.5 Å². The van der Waals surface area contributed by atoms with Crippen LogP contribution in [-0.2, 0) is 0 Å². The molecule has 1 N–H and O–H groups in total. The third kappa shape index (κ3) is 3.44. The van der Waals surface area contributed by atoms with E-state index in [1.165, 1.54) is 4.57 Å². The number of carbonyl (C=O) groups is 1. The third-order valence-corrected chi connectivity index (χ3v) is 4.81. The smallest absolute Gasteiger partial charge is 0.267 e. The fourth-order valence-electron chi connectivity index (χ4n) is 2.96. The summed E-state index contributed by atoms with van der Waals surface area (Å²) in [6, 6.07) is 17.6. The fraction of sp³-hybridized carbons (Fsp3) is 0.0476. The zero-order valence-electron chi connectivity index (χ0n) is 14.9. The van der Waals surface area contributed by atoms with Crippen molar-refractivity contribution in [2.75, 3.05) is 5.32 Å². The molecule has 2 aromatic heterocycles. The molecule has 0 bridgehead atoms. The van der Waals surface area contributed by atoms with Crippen LogP contribution in [0.3, 0.4) is 0 Å². The van der Waals surface area contributed by atoms with Gasteiger partial charge in [0.05, 0.1) is 11.1 Å². The maximum atomic E-state index is 12.9. The Morgan fingerprint density at radius 1 is 1.07 bits per heavy atom. The summed E-state index contributed by atoms with van der Waals surface area (Å²) in [4.78, 5) is 34.0. The van der Waals surface area contributed by atoms with Crippen molar-refractivity contribution in [1.29, 1.82) is 0 Å². The predicted molar refractivity (Wildman–Crippen MR) is 112 cm³/mol. The van der Waals surface area contributed by atoms with Crippen LogP contribution in [0.1, 0.15) is 16.2 Å². The van der Waals surface area contributed by atoms with Crippen molar-refractivity contribution in [2.45, 2.75) is 6.92 Å². The van der Waals surface area contributed by atoms with E-state index in [1.54, 1.807) is 61.7 Å². The first-order chi connectivity index (χ1) is 13.5. The first kappa shape index (κ1) is 18.1. The number of benzene rings is 2. The Balaban J connectivity index is 1.71. The Bertz CT molecular complexity index is 1250. The molecule has 0 aliphatic heterocycles. The van der Waals surface area contributed by atoms with E-state index in [-0.39, 0.29) is 11.5 Å². The van der Waals surface area contributed by atoms with Gasteiger partial charge in [0.1, 0.15) is 5.82 Å². The Morgan fingerprint density at radius 3 is 2.64 bits per heavy atom. The summed E-state index contributed by atoms with van der Waals surface area (Å²) in [5.41, 5.74) is 1.96. The number of anilines is 1. The van der Waals surface area contributed by atoms with Crippen LogP contribution in [0.4, 0.5) is 5.69 Å². The molecule has 0 saturated carbocycles.